The molecule has 1 aliphatic heterocycles. The minimum atomic E-state index is -0.522. The second-order valence-corrected chi connectivity index (χ2v) is 6.46. The SMILES string of the molecule is COCCNC(=O)c1ccc(CN2CCN(c3ccccc3)C(=O)C2=O)cc1. The van der Waals surface area contributed by atoms with Gasteiger partial charge >= 0.3 is 11.8 Å². The number of anilines is 1. The van der Waals surface area contributed by atoms with Crippen LogP contribution in [0.3, 0.4) is 0 Å². The second-order valence-electron chi connectivity index (χ2n) is 6.46. The third-order valence-electron chi connectivity index (χ3n) is 4.56. The highest BCUT2D eigenvalue weighted by atomic mass is 16.5. The Hall–Kier alpha value is -3.19. The van der Waals surface area contributed by atoms with E-state index in [0.29, 0.717) is 38.3 Å². The predicted octanol–water partition coefficient (Wildman–Crippen LogP) is 1.44. The lowest BCUT2D eigenvalue weighted by Crippen LogP contribution is -2.54. The number of nitrogens with one attached hydrogen (secondary N) is 1. The van der Waals surface area contributed by atoms with Crippen molar-refractivity contribution in [3.05, 3.63) is 65.7 Å². The molecule has 3 rings (SSSR count). The summed E-state index contributed by atoms with van der Waals surface area (Å²) in [4.78, 5) is 40.0. The van der Waals surface area contributed by atoms with Gasteiger partial charge in [-0.25, -0.2) is 0 Å². The van der Waals surface area contributed by atoms with Crippen LogP contribution in [0.4, 0.5) is 5.69 Å². The Labute approximate surface area is 163 Å². The topological polar surface area (TPSA) is 79.0 Å². The molecule has 3 amide bonds. The minimum absolute atomic E-state index is 0.175. The zero-order valence-electron chi connectivity index (χ0n) is 15.8. The standard InChI is InChI=1S/C21H23N3O4/c1-28-14-11-22-19(25)17-9-7-16(8-10-17)15-23-12-13-24(21(27)20(23)26)18-5-3-2-4-6-18/h2-10H,11-15H2,1H3,(H,22,25). The maximum absolute atomic E-state index is 12.5. The van der Waals surface area contributed by atoms with Gasteiger partial charge in [0.1, 0.15) is 0 Å². The fraction of sp³-hybridized carbons (Fsp3) is 0.286. The van der Waals surface area contributed by atoms with Crippen molar-refractivity contribution in [3.8, 4) is 0 Å². The normalized spacial score (nSPS) is 14.3. The van der Waals surface area contributed by atoms with E-state index in [9.17, 15) is 14.4 Å². The van der Waals surface area contributed by atoms with E-state index in [2.05, 4.69) is 5.32 Å². The summed E-state index contributed by atoms with van der Waals surface area (Å²) in [6.45, 7) is 2.14. The van der Waals surface area contributed by atoms with Crippen LogP contribution in [0.15, 0.2) is 54.6 Å². The van der Waals surface area contributed by atoms with Gasteiger partial charge in [0.2, 0.25) is 0 Å². The van der Waals surface area contributed by atoms with Crippen LogP contribution in [0, 0.1) is 0 Å². The molecule has 0 bridgehead atoms. The van der Waals surface area contributed by atoms with Gasteiger partial charge < -0.3 is 19.9 Å². The molecule has 2 aromatic carbocycles. The molecule has 0 unspecified atom stereocenters. The fourth-order valence-corrected chi connectivity index (χ4v) is 3.03. The molecule has 0 radical (unpaired) electrons. The molecule has 1 saturated heterocycles. The van der Waals surface area contributed by atoms with E-state index in [1.165, 1.54) is 9.80 Å². The lowest BCUT2D eigenvalue weighted by Gasteiger charge is -2.33. The van der Waals surface area contributed by atoms with Gasteiger partial charge in [-0.2, -0.15) is 0 Å². The largest absolute Gasteiger partial charge is 0.383 e. The molecular formula is C21H23N3O4. The Kier molecular flexibility index (Phi) is 6.39. The molecule has 1 N–H and O–H groups in total. The first-order valence-corrected chi connectivity index (χ1v) is 9.12. The molecule has 1 fully saturated rings. The molecule has 28 heavy (non-hydrogen) atoms. The van der Waals surface area contributed by atoms with Crippen molar-refractivity contribution in [1.82, 2.24) is 10.2 Å². The number of para-hydroxylation sites is 1. The van der Waals surface area contributed by atoms with Gasteiger partial charge in [-0.15, -0.1) is 0 Å². The Morgan fingerprint density at radius 2 is 1.71 bits per heavy atom. The number of piperazine rings is 1. The third-order valence-corrected chi connectivity index (χ3v) is 4.56. The zero-order chi connectivity index (χ0) is 19.9. The fourth-order valence-electron chi connectivity index (χ4n) is 3.03. The van der Waals surface area contributed by atoms with Crippen molar-refractivity contribution in [2.75, 3.05) is 38.3 Å². The molecule has 146 valence electrons. The molecule has 2 aromatic rings. The average Bonchev–Trinajstić information content (AvgIpc) is 2.73. The number of methoxy groups -OCH3 is 1. The quantitative estimate of drug-likeness (QED) is 0.581. The Bertz CT molecular complexity index is 836. The van der Waals surface area contributed by atoms with Crippen molar-refractivity contribution in [2.24, 2.45) is 0 Å². The van der Waals surface area contributed by atoms with Crippen molar-refractivity contribution in [3.63, 3.8) is 0 Å². The van der Waals surface area contributed by atoms with Gasteiger partial charge in [0, 0.05) is 44.5 Å². The van der Waals surface area contributed by atoms with Crippen molar-refractivity contribution >= 4 is 23.4 Å². The molecule has 7 heteroatoms. The number of hydrogen-bond donors (Lipinski definition) is 1. The van der Waals surface area contributed by atoms with Crippen LogP contribution in [-0.2, 0) is 20.9 Å². The Morgan fingerprint density at radius 3 is 2.39 bits per heavy atom. The second kappa shape index (κ2) is 9.14. The van der Waals surface area contributed by atoms with Crippen molar-refractivity contribution < 1.29 is 19.1 Å². The summed E-state index contributed by atoms with van der Waals surface area (Å²) in [7, 11) is 1.58. The van der Waals surface area contributed by atoms with E-state index in [1.54, 1.807) is 31.4 Å². The highest BCUT2D eigenvalue weighted by Gasteiger charge is 2.33. The summed E-state index contributed by atoms with van der Waals surface area (Å²) >= 11 is 0. The maximum Gasteiger partial charge on any atom is 0.316 e. The van der Waals surface area contributed by atoms with Crippen molar-refractivity contribution in [2.45, 2.75) is 6.54 Å². The monoisotopic (exact) mass is 381 g/mol. The predicted molar refractivity (Wildman–Crippen MR) is 105 cm³/mol. The van der Waals surface area contributed by atoms with Gasteiger partial charge in [-0.3, -0.25) is 14.4 Å². The van der Waals surface area contributed by atoms with Crippen LogP contribution in [0.5, 0.6) is 0 Å². The van der Waals surface area contributed by atoms with Crippen LogP contribution in [0.1, 0.15) is 15.9 Å². The molecular weight excluding hydrogens is 358 g/mol. The lowest BCUT2D eigenvalue weighted by molar-refractivity contribution is -0.146. The van der Waals surface area contributed by atoms with Gasteiger partial charge in [0.15, 0.2) is 0 Å². The minimum Gasteiger partial charge on any atom is -0.383 e. The van der Waals surface area contributed by atoms with Crippen LogP contribution in [-0.4, -0.2) is 56.0 Å². The molecule has 0 saturated carbocycles. The van der Waals surface area contributed by atoms with Gasteiger partial charge in [-0.05, 0) is 29.8 Å². The highest BCUT2D eigenvalue weighted by molar-refractivity contribution is 6.40. The van der Waals surface area contributed by atoms with E-state index in [4.69, 9.17) is 4.74 Å². The lowest BCUT2D eigenvalue weighted by atomic mass is 10.1. The first-order valence-electron chi connectivity index (χ1n) is 9.12. The molecule has 0 atom stereocenters. The van der Waals surface area contributed by atoms with E-state index in [0.717, 1.165) is 11.3 Å². The third kappa shape index (κ3) is 4.55. The van der Waals surface area contributed by atoms with E-state index in [1.807, 2.05) is 30.3 Å². The number of carbonyl (C=O) groups is 3. The summed E-state index contributed by atoms with van der Waals surface area (Å²) in [6.07, 6.45) is 0. The number of amides is 3. The van der Waals surface area contributed by atoms with E-state index in [-0.39, 0.29) is 5.91 Å². The van der Waals surface area contributed by atoms with Crippen LogP contribution >= 0.6 is 0 Å². The molecule has 7 nitrogen and oxygen atoms in total. The first kappa shape index (κ1) is 19.6. The maximum atomic E-state index is 12.5. The number of hydrogen-bond acceptors (Lipinski definition) is 4. The molecule has 1 heterocycles. The summed E-state index contributed by atoms with van der Waals surface area (Å²) < 4.78 is 4.90. The number of ether oxygens (including phenoxy) is 1. The van der Waals surface area contributed by atoms with Crippen LogP contribution < -0.4 is 10.2 Å². The highest BCUT2D eigenvalue weighted by Crippen LogP contribution is 2.18. The zero-order valence-corrected chi connectivity index (χ0v) is 15.8. The number of carbonyl (C=O) groups excluding carboxylic acids is 3. The van der Waals surface area contributed by atoms with Gasteiger partial charge in [-0.1, -0.05) is 30.3 Å². The van der Waals surface area contributed by atoms with Crippen LogP contribution in [0.25, 0.3) is 0 Å². The van der Waals surface area contributed by atoms with Crippen LogP contribution in [0.2, 0.25) is 0 Å². The number of benzene rings is 2. The Morgan fingerprint density at radius 1 is 1.00 bits per heavy atom. The smallest absolute Gasteiger partial charge is 0.316 e. The van der Waals surface area contributed by atoms with E-state index < -0.39 is 11.8 Å². The number of rotatable bonds is 7. The molecule has 1 aliphatic rings. The molecule has 0 aromatic heterocycles. The molecule has 0 spiro atoms. The van der Waals surface area contributed by atoms with E-state index >= 15 is 0 Å². The summed E-state index contributed by atoms with van der Waals surface area (Å²) in [5.41, 5.74) is 2.13. The number of nitrogens with zero attached hydrogens (tertiary/aromatic N) is 2. The van der Waals surface area contributed by atoms with Gasteiger partial charge in [0.05, 0.1) is 6.61 Å². The summed E-state index contributed by atoms with van der Waals surface area (Å²) in [6, 6.07) is 16.2. The summed E-state index contributed by atoms with van der Waals surface area (Å²) in [5.74, 6) is -1.21. The molecule has 0 aliphatic carbocycles. The summed E-state index contributed by atoms with van der Waals surface area (Å²) in [5, 5.41) is 2.76. The Balaban J connectivity index is 1.59. The first-order chi connectivity index (χ1) is 13.6. The van der Waals surface area contributed by atoms with Crippen molar-refractivity contribution in [1.29, 1.82) is 0 Å². The average molecular weight is 381 g/mol. The van der Waals surface area contributed by atoms with Gasteiger partial charge in [0.25, 0.3) is 5.91 Å².